The third-order valence-corrected chi connectivity index (χ3v) is 10.7. The van der Waals surface area contributed by atoms with Gasteiger partial charge in [-0.05, 0) is 70.6 Å². The van der Waals surface area contributed by atoms with Gasteiger partial charge in [0.25, 0.3) is 0 Å². The third-order valence-electron chi connectivity index (χ3n) is 10.7. The molecule has 51 heavy (non-hydrogen) atoms. The molecule has 0 spiro atoms. The van der Waals surface area contributed by atoms with Crippen LogP contribution in [0.2, 0.25) is 0 Å². The first-order valence-corrected chi connectivity index (χ1v) is 17.2. The van der Waals surface area contributed by atoms with E-state index in [1.54, 1.807) is 0 Å². The number of para-hydroxylation sites is 1. The van der Waals surface area contributed by atoms with Crippen LogP contribution in [0.1, 0.15) is 25.0 Å². The van der Waals surface area contributed by atoms with E-state index in [2.05, 4.69) is 134 Å². The second-order valence-electron chi connectivity index (χ2n) is 13.8. The SMILES string of the molecule is CC1(C)c2c#cccc2-c2c1c1ccc3c4ccccc4oc3c1n2-c1nc(-c2ccccc2)c2cc(-c3cc#ccc3)c3ccccc3c2n1. The van der Waals surface area contributed by atoms with Crippen molar-refractivity contribution in [3.63, 3.8) is 0 Å². The number of hydrogen-bond donors (Lipinski definition) is 0. The Labute approximate surface area is 294 Å². The van der Waals surface area contributed by atoms with Gasteiger partial charge in [-0.1, -0.05) is 117 Å². The van der Waals surface area contributed by atoms with Crippen LogP contribution in [0.25, 0.3) is 94.1 Å². The molecule has 0 saturated carbocycles. The third kappa shape index (κ3) is 3.77. The highest BCUT2D eigenvalue weighted by Crippen LogP contribution is 2.54. The van der Waals surface area contributed by atoms with Gasteiger partial charge in [-0.3, -0.25) is 4.57 Å². The maximum Gasteiger partial charge on any atom is 0.235 e. The molecule has 0 bridgehead atoms. The standard InChI is InChI=1S/C47H27N3O/c1-47(2)38-23-13-11-22-34(38)43-40(47)35-26-25-33-31-20-12-14-24-39(31)51-45(33)44(35)50(43)46-48-41(29-17-7-4-8-18-29)37-27-36(28-15-5-3-6-16-28)30-19-9-10-21-32(30)42(37)49-46/h4-5,7-12,14-22,24-27H,1-2H3. The summed E-state index contributed by atoms with van der Waals surface area (Å²) in [5.74, 6) is 0.595. The average molecular weight is 650 g/mol. The predicted octanol–water partition coefficient (Wildman–Crippen LogP) is 11.5. The summed E-state index contributed by atoms with van der Waals surface area (Å²) in [6.45, 7) is 4.55. The van der Waals surface area contributed by atoms with Crippen molar-refractivity contribution in [2.75, 3.05) is 0 Å². The molecular formula is C47H27N3O. The molecule has 4 heteroatoms. The summed E-state index contributed by atoms with van der Waals surface area (Å²) < 4.78 is 9.02. The Balaban J connectivity index is 1.35. The molecule has 1 aliphatic rings. The second-order valence-corrected chi connectivity index (χ2v) is 13.8. The molecule has 0 atom stereocenters. The van der Waals surface area contributed by atoms with Gasteiger partial charge in [0.15, 0.2) is 5.58 Å². The zero-order valence-corrected chi connectivity index (χ0v) is 27.9. The van der Waals surface area contributed by atoms with Gasteiger partial charge in [-0.15, -0.1) is 0 Å². The monoisotopic (exact) mass is 649 g/mol. The zero-order valence-electron chi connectivity index (χ0n) is 27.9. The first-order chi connectivity index (χ1) is 25.1. The van der Waals surface area contributed by atoms with Gasteiger partial charge < -0.3 is 4.42 Å². The molecule has 4 nitrogen and oxygen atoms in total. The molecule has 10 aromatic rings. The molecule has 236 valence electrons. The number of fused-ring (bicyclic) bond motifs is 12. The van der Waals surface area contributed by atoms with Gasteiger partial charge in [0.2, 0.25) is 5.95 Å². The summed E-state index contributed by atoms with van der Waals surface area (Å²) in [6.07, 6.45) is 0. The molecule has 0 aliphatic heterocycles. The topological polar surface area (TPSA) is 43.9 Å². The van der Waals surface area contributed by atoms with Crippen molar-refractivity contribution in [3.8, 4) is 39.6 Å². The molecule has 1 aliphatic carbocycles. The molecule has 3 aromatic heterocycles. The molecule has 0 unspecified atom stereocenters. The molecular weight excluding hydrogens is 623 g/mol. The van der Waals surface area contributed by atoms with E-state index < -0.39 is 0 Å². The van der Waals surface area contributed by atoms with Crippen LogP contribution in [-0.4, -0.2) is 14.5 Å². The van der Waals surface area contributed by atoms with Crippen molar-refractivity contribution < 1.29 is 4.42 Å². The summed E-state index contributed by atoms with van der Waals surface area (Å²) in [5, 5.41) is 6.43. The quantitative estimate of drug-likeness (QED) is 0.179. The van der Waals surface area contributed by atoms with Crippen LogP contribution in [0.4, 0.5) is 0 Å². The smallest absolute Gasteiger partial charge is 0.235 e. The Morgan fingerprint density at radius 3 is 2.24 bits per heavy atom. The van der Waals surface area contributed by atoms with Gasteiger partial charge in [-0.2, -0.15) is 0 Å². The number of hydrogen-bond acceptors (Lipinski definition) is 3. The van der Waals surface area contributed by atoms with Crippen LogP contribution in [0.5, 0.6) is 0 Å². The molecule has 0 saturated heterocycles. The van der Waals surface area contributed by atoms with Gasteiger partial charge in [-0.25, -0.2) is 9.97 Å². The summed E-state index contributed by atoms with van der Waals surface area (Å²) in [6, 6.07) is 56.9. The molecule has 11 rings (SSSR count). The number of nitrogens with zero attached hydrogens (tertiary/aromatic N) is 3. The fraction of sp³-hybridized carbons (Fsp3) is 0.0638. The Kier molecular flexibility index (Phi) is 5.54. The lowest BCUT2D eigenvalue weighted by atomic mass is 9.82. The van der Waals surface area contributed by atoms with Crippen molar-refractivity contribution in [1.82, 2.24) is 14.5 Å². The second kappa shape index (κ2) is 10.1. The van der Waals surface area contributed by atoms with Crippen molar-refractivity contribution in [1.29, 1.82) is 0 Å². The normalized spacial score (nSPS) is 13.1. The summed E-state index contributed by atoms with van der Waals surface area (Å²) >= 11 is 0. The van der Waals surface area contributed by atoms with Crippen LogP contribution >= 0.6 is 0 Å². The van der Waals surface area contributed by atoms with E-state index in [1.807, 2.05) is 36.4 Å². The number of benzene rings is 5. The summed E-state index contributed by atoms with van der Waals surface area (Å²) in [4.78, 5) is 11.1. The lowest BCUT2D eigenvalue weighted by Gasteiger charge is -2.19. The van der Waals surface area contributed by atoms with Crippen LogP contribution in [0.3, 0.4) is 0 Å². The molecule has 3 heterocycles. The minimum absolute atomic E-state index is 0.337. The number of aromatic nitrogens is 3. The molecule has 0 N–H and O–H groups in total. The molecule has 0 fully saturated rings. The lowest BCUT2D eigenvalue weighted by molar-refractivity contribution is 0.666. The highest BCUT2D eigenvalue weighted by atomic mass is 16.3. The Morgan fingerprint density at radius 1 is 0.627 bits per heavy atom. The van der Waals surface area contributed by atoms with Crippen LogP contribution in [0, 0.1) is 24.3 Å². The van der Waals surface area contributed by atoms with E-state index in [9.17, 15) is 0 Å². The average Bonchev–Trinajstić information content (AvgIpc) is 3.81. The van der Waals surface area contributed by atoms with E-state index in [4.69, 9.17) is 14.4 Å². The van der Waals surface area contributed by atoms with Crippen molar-refractivity contribution in [2.45, 2.75) is 19.3 Å². The minimum atomic E-state index is -0.337. The Bertz CT molecular complexity index is 3040. The molecule has 0 radical (unpaired) electrons. The van der Waals surface area contributed by atoms with Crippen molar-refractivity contribution >= 4 is 54.5 Å². The van der Waals surface area contributed by atoms with Crippen molar-refractivity contribution in [2.24, 2.45) is 0 Å². The maximum atomic E-state index is 6.76. The Hall–Kier alpha value is -6.88. The first kappa shape index (κ1) is 28.0. The first-order valence-electron chi connectivity index (χ1n) is 17.2. The zero-order chi connectivity index (χ0) is 33.8. The highest BCUT2D eigenvalue weighted by Gasteiger charge is 2.42. The lowest BCUT2D eigenvalue weighted by Crippen LogP contribution is -2.14. The van der Waals surface area contributed by atoms with E-state index in [-0.39, 0.29) is 5.41 Å². The molecule has 7 aromatic carbocycles. The fourth-order valence-corrected chi connectivity index (χ4v) is 8.46. The van der Waals surface area contributed by atoms with E-state index >= 15 is 0 Å². The van der Waals surface area contributed by atoms with E-state index in [1.165, 1.54) is 5.56 Å². The van der Waals surface area contributed by atoms with Gasteiger partial charge in [0.05, 0.1) is 16.9 Å². The van der Waals surface area contributed by atoms with Crippen molar-refractivity contribution in [3.05, 3.63) is 163 Å². The Morgan fingerprint density at radius 2 is 1.39 bits per heavy atom. The maximum absolute atomic E-state index is 6.76. The fourth-order valence-electron chi connectivity index (χ4n) is 8.46. The highest BCUT2D eigenvalue weighted by molar-refractivity contribution is 6.18. The largest absolute Gasteiger partial charge is 0.454 e. The van der Waals surface area contributed by atoms with E-state index in [0.29, 0.717) is 5.95 Å². The minimum Gasteiger partial charge on any atom is -0.454 e. The van der Waals surface area contributed by atoms with Crippen LogP contribution < -0.4 is 0 Å². The number of rotatable bonds is 3. The van der Waals surface area contributed by atoms with Gasteiger partial charge in [0.1, 0.15) is 11.1 Å². The summed E-state index contributed by atoms with van der Waals surface area (Å²) in [5.41, 5.74) is 11.8. The van der Waals surface area contributed by atoms with Gasteiger partial charge >= 0.3 is 0 Å². The van der Waals surface area contributed by atoms with Crippen LogP contribution in [-0.2, 0) is 5.41 Å². The predicted molar refractivity (Wildman–Crippen MR) is 205 cm³/mol. The van der Waals surface area contributed by atoms with E-state index in [0.717, 1.165) is 93.7 Å². The van der Waals surface area contributed by atoms with Gasteiger partial charge in [0, 0.05) is 49.0 Å². The van der Waals surface area contributed by atoms with Crippen LogP contribution in [0.15, 0.2) is 132 Å². The molecule has 0 amide bonds. The summed E-state index contributed by atoms with van der Waals surface area (Å²) in [7, 11) is 0. The number of furan rings is 1.